The summed E-state index contributed by atoms with van der Waals surface area (Å²) in [5.74, 6) is 0.472. The first kappa shape index (κ1) is 21.3. The number of halogens is 1. The van der Waals surface area contributed by atoms with Crippen LogP contribution in [0.3, 0.4) is 0 Å². The van der Waals surface area contributed by atoms with Crippen LogP contribution in [0.2, 0.25) is 0 Å². The van der Waals surface area contributed by atoms with Gasteiger partial charge in [0.25, 0.3) is 0 Å². The number of carbonyl (C=O) groups is 1. The van der Waals surface area contributed by atoms with Gasteiger partial charge < -0.3 is 13.7 Å². The van der Waals surface area contributed by atoms with Gasteiger partial charge in [-0.25, -0.2) is 12.8 Å². The Labute approximate surface area is 180 Å². The highest BCUT2D eigenvalue weighted by Crippen LogP contribution is 2.26. The number of sulfonamides is 1. The minimum atomic E-state index is -3.72. The van der Waals surface area contributed by atoms with E-state index in [2.05, 4.69) is 0 Å². The Morgan fingerprint density at radius 2 is 1.52 bits per heavy atom. The third-order valence-corrected chi connectivity index (χ3v) is 7.33. The quantitative estimate of drug-likeness (QED) is 0.553. The lowest BCUT2D eigenvalue weighted by Crippen LogP contribution is -2.44. The smallest absolute Gasteiger partial charge is 0.243 e. The lowest BCUT2D eigenvalue weighted by atomic mass is 9.96. The number of piperidine rings is 1. The fraction of sp³-hybridized carbons (Fsp3) is 0.318. The molecule has 0 N–H and O–H groups in total. The second kappa shape index (κ2) is 9.07. The molecule has 1 aromatic carbocycles. The normalized spacial score (nSPS) is 15.8. The Morgan fingerprint density at radius 1 is 0.968 bits per heavy atom. The van der Waals surface area contributed by atoms with Crippen LogP contribution in [0.1, 0.15) is 24.4 Å². The summed E-state index contributed by atoms with van der Waals surface area (Å²) in [5.41, 5.74) is 0. The van der Waals surface area contributed by atoms with Crippen molar-refractivity contribution in [3.05, 3.63) is 78.4 Å². The zero-order valence-corrected chi connectivity index (χ0v) is 17.6. The summed E-state index contributed by atoms with van der Waals surface area (Å²) in [7, 11) is -3.72. The van der Waals surface area contributed by atoms with Gasteiger partial charge in [0, 0.05) is 19.0 Å². The molecule has 0 bridgehead atoms. The molecular formula is C22H23FN2O5S. The van der Waals surface area contributed by atoms with E-state index in [0.29, 0.717) is 37.5 Å². The van der Waals surface area contributed by atoms with Gasteiger partial charge in [-0.1, -0.05) is 0 Å². The number of amides is 1. The summed E-state index contributed by atoms with van der Waals surface area (Å²) >= 11 is 0. The van der Waals surface area contributed by atoms with Crippen molar-refractivity contribution in [2.75, 3.05) is 13.1 Å². The van der Waals surface area contributed by atoms with Gasteiger partial charge in [0.15, 0.2) is 0 Å². The number of benzene rings is 1. The highest BCUT2D eigenvalue weighted by Gasteiger charge is 2.34. The minimum absolute atomic E-state index is 0.0518. The second-order valence-corrected chi connectivity index (χ2v) is 9.42. The number of hydrogen-bond acceptors (Lipinski definition) is 5. The predicted molar refractivity (Wildman–Crippen MR) is 110 cm³/mol. The molecule has 3 heterocycles. The van der Waals surface area contributed by atoms with Crippen LogP contribution < -0.4 is 0 Å². The van der Waals surface area contributed by atoms with Gasteiger partial charge in [0.1, 0.15) is 17.3 Å². The van der Waals surface area contributed by atoms with Crippen LogP contribution in [0, 0.1) is 11.7 Å². The predicted octanol–water partition coefficient (Wildman–Crippen LogP) is 3.64. The van der Waals surface area contributed by atoms with Crippen molar-refractivity contribution >= 4 is 15.9 Å². The fourth-order valence-corrected chi connectivity index (χ4v) is 5.22. The standard InChI is InChI=1S/C22H23FN2O5S/c23-18-5-7-21(8-6-18)31(27,28)25-11-9-17(10-12-25)22(26)24(15-19-3-1-13-29-19)16-20-4-2-14-30-20/h1-8,13-14,17H,9-12,15-16H2. The highest BCUT2D eigenvalue weighted by atomic mass is 32.2. The van der Waals surface area contributed by atoms with Gasteiger partial charge in [-0.2, -0.15) is 4.31 Å². The molecule has 0 saturated carbocycles. The van der Waals surface area contributed by atoms with E-state index in [0.717, 1.165) is 12.1 Å². The molecule has 4 rings (SSSR count). The van der Waals surface area contributed by atoms with E-state index < -0.39 is 15.8 Å². The number of furan rings is 2. The molecule has 164 valence electrons. The van der Waals surface area contributed by atoms with Crippen LogP contribution in [0.5, 0.6) is 0 Å². The lowest BCUT2D eigenvalue weighted by Gasteiger charge is -2.33. The molecule has 0 radical (unpaired) electrons. The largest absolute Gasteiger partial charge is 0.467 e. The van der Waals surface area contributed by atoms with Crippen molar-refractivity contribution in [1.29, 1.82) is 0 Å². The molecule has 1 fully saturated rings. The minimum Gasteiger partial charge on any atom is -0.467 e. The number of carbonyl (C=O) groups excluding carboxylic acids is 1. The third kappa shape index (κ3) is 4.88. The van der Waals surface area contributed by atoms with E-state index in [-0.39, 0.29) is 29.8 Å². The maximum atomic E-state index is 13.2. The van der Waals surface area contributed by atoms with E-state index in [1.165, 1.54) is 16.4 Å². The summed E-state index contributed by atoms with van der Waals surface area (Å²) in [6, 6.07) is 11.9. The molecule has 0 aliphatic carbocycles. The highest BCUT2D eigenvalue weighted by molar-refractivity contribution is 7.89. The van der Waals surface area contributed by atoms with E-state index in [9.17, 15) is 17.6 Å². The van der Waals surface area contributed by atoms with Crippen LogP contribution in [0.15, 0.2) is 74.8 Å². The first-order valence-corrected chi connectivity index (χ1v) is 11.5. The van der Waals surface area contributed by atoms with Crippen molar-refractivity contribution < 1.29 is 26.4 Å². The van der Waals surface area contributed by atoms with E-state index in [1.54, 1.807) is 41.7 Å². The number of hydrogen-bond donors (Lipinski definition) is 0. The summed E-state index contributed by atoms with van der Waals surface area (Å²) in [6.45, 7) is 1.07. The maximum Gasteiger partial charge on any atom is 0.243 e. The molecule has 0 unspecified atom stereocenters. The fourth-order valence-electron chi connectivity index (χ4n) is 3.75. The van der Waals surface area contributed by atoms with Crippen molar-refractivity contribution in [2.45, 2.75) is 30.8 Å². The molecule has 7 nitrogen and oxygen atoms in total. The Kier molecular flexibility index (Phi) is 6.24. The van der Waals surface area contributed by atoms with Gasteiger partial charge in [-0.15, -0.1) is 0 Å². The monoisotopic (exact) mass is 446 g/mol. The zero-order chi connectivity index (χ0) is 21.8. The molecule has 1 aliphatic heterocycles. The Balaban J connectivity index is 1.43. The van der Waals surface area contributed by atoms with E-state index >= 15 is 0 Å². The molecule has 2 aromatic heterocycles. The summed E-state index contributed by atoms with van der Waals surface area (Å²) in [5, 5.41) is 0. The molecular weight excluding hydrogens is 423 g/mol. The van der Waals surface area contributed by atoms with Crippen LogP contribution in [-0.2, 0) is 27.9 Å². The zero-order valence-electron chi connectivity index (χ0n) is 16.8. The molecule has 1 saturated heterocycles. The van der Waals surface area contributed by atoms with Gasteiger partial charge in [-0.3, -0.25) is 4.79 Å². The molecule has 0 atom stereocenters. The van der Waals surface area contributed by atoms with Crippen molar-refractivity contribution in [2.24, 2.45) is 5.92 Å². The van der Waals surface area contributed by atoms with Gasteiger partial charge in [0.05, 0.1) is 30.5 Å². The van der Waals surface area contributed by atoms with E-state index in [1.807, 2.05) is 0 Å². The molecule has 1 aliphatic rings. The summed E-state index contributed by atoms with van der Waals surface area (Å²) in [6.07, 6.45) is 3.94. The molecule has 0 spiro atoms. The third-order valence-electron chi connectivity index (χ3n) is 5.42. The Morgan fingerprint density at radius 3 is 2.00 bits per heavy atom. The Bertz CT molecular complexity index is 1050. The van der Waals surface area contributed by atoms with Crippen LogP contribution in [0.4, 0.5) is 4.39 Å². The van der Waals surface area contributed by atoms with Gasteiger partial charge in [0.2, 0.25) is 15.9 Å². The average molecular weight is 447 g/mol. The average Bonchev–Trinajstić information content (AvgIpc) is 3.48. The SMILES string of the molecule is O=C(C1CCN(S(=O)(=O)c2ccc(F)cc2)CC1)N(Cc1ccco1)Cc1ccco1. The first-order chi connectivity index (χ1) is 14.9. The van der Waals surface area contributed by atoms with Crippen molar-refractivity contribution in [3.63, 3.8) is 0 Å². The molecule has 1 amide bonds. The number of rotatable bonds is 7. The van der Waals surface area contributed by atoms with Crippen molar-refractivity contribution in [3.8, 4) is 0 Å². The maximum absolute atomic E-state index is 13.2. The lowest BCUT2D eigenvalue weighted by molar-refractivity contribution is -0.138. The van der Waals surface area contributed by atoms with Crippen LogP contribution in [-0.4, -0.2) is 36.6 Å². The van der Waals surface area contributed by atoms with Crippen LogP contribution in [0.25, 0.3) is 0 Å². The first-order valence-electron chi connectivity index (χ1n) is 10.0. The van der Waals surface area contributed by atoms with Gasteiger partial charge in [-0.05, 0) is 61.4 Å². The topological polar surface area (TPSA) is 84.0 Å². The van der Waals surface area contributed by atoms with Gasteiger partial charge >= 0.3 is 0 Å². The Hall–Kier alpha value is -2.91. The van der Waals surface area contributed by atoms with Crippen LogP contribution >= 0.6 is 0 Å². The molecule has 9 heteroatoms. The second-order valence-electron chi connectivity index (χ2n) is 7.49. The number of nitrogens with zero attached hydrogens (tertiary/aromatic N) is 2. The summed E-state index contributed by atoms with van der Waals surface area (Å²) < 4.78 is 50.9. The molecule has 3 aromatic rings. The van der Waals surface area contributed by atoms with E-state index in [4.69, 9.17) is 8.83 Å². The summed E-state index contributed by atoms with van der Waals surface area (Å²) in [4.78, 5) is 15.0. The van der Waals surface area contributed by atoms with Crippen molar-refractivity contribution in [1.82, 2.24) is 9.21 Å². The molecule has 31 heavy (non-hydrogen) atoms.